The van der Waals surface area contributed by atoms with Gasteiger partial charge in [0.1, 0.15) is 11.9 Å². The van der Waals surface area contributed by atoms with E-state index in [0.717, 1.165) is 12.8 Å². The summed E-state index contributed by atoms with van der Waals surface area (Å²) in [6.45, 7) is 3.46. The molecule has 30 heavy (non-hydrogen) atoms. The van der Waals surface area contributed by atoms with Crippen LogP contribution in [0.3, 0.4) is 0 Å². The molecule has 0 heterocycles. The normalized spacial score (nSPS) is 15.2. The van der Waals surface area contributed by atoms with Gasteiger partial charge in [-0.2, -0.15) is 0 Å². The van der Waals surface area contributed by atoms with E-state index in [-0.39, 0.29) is 17.5 Å². The second-order valence-electron chi connectivity index (χ2n) is 7.69. The molecule has 0 spiro atoms. The molecule has 1 fully saturated rings. The molecule has 1 saturated carbocycles. The lowest BCUT2D eigenvalue weighted by Gasteiger charge is -2.24. The zero-order valence-corrected chi connectivity index (χ0v) is 16.9. The molecule has 0 radical (unpaired) electrons. The highest BCUT2D eigenvalue weighted by Crippen LogP contribution is 2.24. The number of halogens is 1. The van der Waals surface area contributed by atoms with E-state index < -0.39 is 35.7 Å². The van der Waals surface area contributed by atoms with Crippen molar-refractivity contribution in [1.82, 2.24) is 10.6 Å². The first kappa shape index (κ1) is 21.5. The first-order valence-corrected chi connectivity index (χ1v) is 9.98. The van der Waals surface area contributed by atoms with Gasteiger partial charge in [-0.1, -0.05) is 56.3 Å². The van der Waals surface area contributed by atoms with Crippen molar-refractivity contribution in [1.29, 1.82) is 0 Å². The SMILES string of the molecule is CC(C)[C@H](NC(=O)c1ccccc1F)C(=O)O[C@@H](C(=O)NC1CC1)c1ccccc1. The quantitative estimate of drug-likeness (QED) is 0.653. The first-order chi connectivity index (χ1) is 14.4. The highest BCUT2D eigenvalue weighted by molar-refractivity contribution is 5.97. The van der Waals surface area contributed by atoms with E-state index in [4.69, 9.17) is 4.74 Å². The maximum absolute atomic E-state index is 13.9. The fourth-order valence-electron chi connectivity index (χ4n) is 2.96. The predicted octanol–water partition coefficient (Wildman–Crippen LogP) is 3.14. The van der Waals surface area contributed by atoms with Crippen LogP contribution >= 0.6 is 0 Å². The fraction of sp³-hybridized carbons (Fsp3) is 0.348. The number of hydrogen-bond donors (Lipinski definition) is 2. The molecule has 0 unspecified atom stereocenters. The topological polar surface area (TPSA) is 84.5 Å². The van der Waals surface area contributed by atoms with E-state index in [0.29, 0.717) is 5.56 Å². The van der Waals surface area contributed by atoms with Gasteiger partial charge < -0.3 is 15.4 Å². The van der Waals surface area contributed by atoms with Gasteiger partial charge in [0, 0.05) is 11.6 Å². The van der Waals surface area contributed by atoms with Crippen molar-refractivity contribution in [2.75, 3.05) is 0 Å². The van der Waals surface area contributed by atoms with Crippen molar-refractivity contribution in [3.05, 3.63) is 71.5 Å². The van der Waals surface area contributed by atoms with Crippen molar-refractivity contribution < 1.29 is 23.5 Å². The minimum Gasteiger partial charge on any atom is -0.446 e. The zero-order chi connectivity index (χ0) is 21.7. The number of amides is 2. The minimum absolute atomic E-state index is 0.101. The lowest BCUT2D eigenvalue weighted by molar-refractivity contribution is -0.159. The molecule has 1 aliphatic rings. The second-order valence-corrected chi connectivity index (χ2v) is 7.69. The highest BCUT2D eigenvalue weighted by Gasteiger charge is 2.34. The van der Waals surface area contributed by atoms with Crippen LogP contribution in [0.1, 0.15) is 48.7 Å². The maximum atomic E-state index is 13.9. The van der Waals surface area contributed by atoms with Gasteiger partial charge in [0.2, 0.25) is 6.10 Å². The Hall–Kier alpha value is -3.22. The van der Waals surface area contributed by atoms with E-state index in [2.05, 4.69) is 10.6 Å². The summed E-state index contributed by atoms with van der Waals surface area (Å²) in [5, 5.41) is 5.38. The lowest BCUT2D eigenvalue weighted by atomic mass is 10.0. The van der Waals surface area contributed by atoms with Crippen molar-refractivity contribution in [2.45, 2.75) is 44.9 Å². The smallest absolute Gasteiger partial charge is 0.330 e. The minimum atomic E-state index is -1.13. The number of hydrogen-bond acceptors (Lipinski definition) is 4. The van der Waals surface area contributed by atoms with Crippen LogP contribution in [0, 0.1) is 11.7 Å². The molecular weight excluding hydrogens is 387 g/mol. The molecule has 1 aliphatic carbocycles. The monoisotopic (exact) mass is 412 g/mol. The Bertz CT molecular complexity index is 912. The summed E-state index contributed by atoms with van der Waals surface area (Å²) in [4.78, 5) is 38.1. The van der Waals surface area contributed by atoms with Gasteiger partial charge in [-0.3, -0.25) is 9.59 Å². The number of benzene rings is 2. The molecule has 3 rings (SSSR count). The van der Waals surface area contributed by atoms with Crippen molar-refractivity contribution in [2.24, 2.45) is 5.92 Å². The Morgan fingerprint density at radius 1 is 1.00 bits per heavy atom. The van der Waals surface area contributed by atoms with Crippen LogP contribution in [0.25, 0.3) is 0 Å². The number of nitrogens with one attached hydrogen (secondary N) is 2. The molecule has 2 N–H and O–H groups in total. The van der Waals surface area contributed by atoms with Gasteiger partial charge in [-0.05, 0) is 30.9 Å². The predicted molar refractivity (Wildman–Crippen MR) is 109 cm³/mol. The van der Waals surface area contributed by atoms with Crippen molar-refractivity contribution >= 4 is 17.8 Å². The van der Waals surface area contributed by atoms with Crippen LogP contribution in [0.15, 0.2) is 54.6 Å². The van der Waals surface area contributed by atoms with E-state index >= 15 is 0 Å². The van der Waals surface area contributed by atoms with Crippen molar-refractivity contribution in [3.8, 4) is 0 Å². The summed E-state index contributed by atoms with van der Waals surface area (Å²) < 4.78 is 19.5. The lowest BCUT2D eigenvalue weighted by Crippen LogP contribution is -2.47. The van der Waals surface area contributed by atoms with Crippen LogP contribution in [0.2, 0.25) is 0 Å². The summed E-state index contributed by atoms with van der Waals surface area (Å²) >= 11 is 0. The van der Waals surface area contributed by atoms with Gasteiger partial charge >= 0.3 is 5.97 Å². The number of esters is 1. The second kappa shape index (κ2) is 9.52. The number of carbonyl (C=O) groups excluding carboxylic acids is 3. The van der Waals surface area contributed by atoms with E-state index in [1.165, 1.54) is 24.3 Å². The Labute approximate surface area is 174 Å². The molecule has 158 valence electrons. The van der Waals surface area contributed by atoms with E-state index in [9.17, 15) is 18.8 Å². The van der Waals surface area contributed by atoms with Crippen LogP contribution in [0.4, 0.5) is 4.39 Å². The average molecular weight is 412 g/mol. The summed E-state index contributed by atoms with van der Waals surface area (Å²) in [6.07, 6.45) is 0.661. The Morgan fingerprint density at radius 2 is 1.63 bits per heavy atom. The largest absolute Gasteiger partial charge is 0.446 e. The van der Waals surface area contributed by atoms with Crippen LogP contribution in [0.5, 0.6) is 0 Å². The fourth-order valence-corrected chi connectivity index (χ4v) is 2.96. The Kier molecular flexibility index (Phi) is 6.82. The van der Waals surface area contributed by atoms with Crippen LogP contribution in [-0.4, -0.2) is 29.9 Å². The first-order valence-electron chi connectivity index (χ1n) is 9.98. The molecule has 0 aromatic heterocycles. The maximum Gasteiger partial charge on any atom is 0.330 e. The van der Waals surface area contributed by atoms with Crippen LogP contribution in [-0.2, 0) is 14.3 Å². The zero-order valence-electron chi connectivity index (χ0n) is 16.9. The molecule has 0 bridgehead atoms. The third-order valence-electron chi connectivity index (χ3n) is 4.82. The van der Waals surface area contributed by atoms with Gasteiger partial charge in [-0.15, -0.1) is 0 Å². The molecule has 0 saturated heterocycles. The average Bonchev–Trinajstić information content (AvgIpc) is 3.54. The number of carbonyl (C=O) groups is 3. The summed E-state index contributed by atoms with van der Waals surface area (Å²) in [7, 11) is 0. The number of rotatable bonds is 8. The third kappa shape index (κ3) is 5.43. The van der Waals surface area contributed by atoms with Gasteiger partial charge in [0.15, 0.2) is 0 Å². The summed E-state index contributed by atoms with van der Waals surface area (Å²) in [6, 6.07) is 13.3. The molecular formula is C23H25FN2O4. The molecule has 6 nitrogen and oxygen atoms in total. The molecule has 2 amide bonds. The molecule has 2 aromatic rings. The Balaban J connectivity index is 1.76. The molecule has 7 heteroatoms. The van der Waals surface area contributed by atoms with E-state index in [1.807, 2.05) is 0 Å². The van der Waals surface area contributed by atoms with Crippen LogP contribution < -0.4 is 10.6 Å². The molecule has 2 aromatic carbocycles. The molecule has 0 aliphatic heterocycles. The summed E-state index contributed by atoms with van der Waals surface area (Å²) in [5.41, 5.74) is 0.369. The van der Waals surface area contributed by atoms with Gasteiger partial charge in [-0.25, -0.2) is 9.18 Å². The Morgan fingerprint density at radius 3 is 2.23 bits per heavy atom. The summed E-state index contributed by atoms with van der Waals surface area (Å²) in [5.74, 6) is -2.90. The molecule has 2 atom stereocenters. The van der Waals surface area contributed by atoms with Gasteiger partial charge in [0.25, 0.3) is 11.8 Å². The number of ether oxygens (including phenoxy) is 1. The standard InChI is InChI=1S/C23H25FN2O4/c1-14(2)19(26-21(27)17-10-6-7-11-18(17)24)23(29)30-20(15-8-4-3-5-9-15)22(28)25-16-12-13-16/h3-11,14,16,19-20H,12-13H2,1-2H3,(H,25,28)(H,26,27)/t19-,20+/m0/s1. The van der Waals surface area contributed by atoms with Gasteiger partial charge in [0.05, 0.1) is 5.56 Å². The highest BCUT2D eigenvalue weighted by atomic mass is 19.1. The third-order valence-corrected chi connectivity index (χ3v) is 4.82. The van der Waals surface area contributed by atoms with E-state index in [1.54, 1.807) is 44.2 Å². The van der Waals surface area contributed by atoms with Crippen molar-refractivity contribution in [3.63, 3.8) is 0 Å².